The summed E-state index contributed by atoms with van der Waals surface area (Å²) in [4.78, 5) is 30.1. The lowest BCUT2D eigenvalue weighted by atomic mass is 9.56. The number of Topliss-reactive ketones (excluding diaryl/α,β-unsaturated/α-hetero) is 1. The number of aromatic nitrogens is 1. The van der Waals surface area contributed by atoms with E-state index in [1.165, 1.54) is 6.20 Å². The van der Waals surface area contributed by atoms with Gasteiger partial charge in [-0.05, 0) is 39.7 Å². The summed E-state index contributed by atoms with van der Waals surface area (Å²) in [6, 6.07) is 1.64. The van der Waals surface area contributed by atoms with Crippen LogP contribution < -0.4 is 0 Å². The predicted octanol–water partition coefficient (Wildman–Crippen LogP) is 3.56. The minimum absolute atomic E-state index is 0.0162. The third kappa shape index (κ3) is 3.20. The highest BCUT2D eigenvalue weighted by molar-refractivity contribution is 6.34. The molecule has 0 bridgehead atoms. The van der Waals surface area contributed by atoms with Gasteiger partial charge in [0.25, 0.3) is 0 Å². The summed E-state index contributed by atoms with van der Waals surface area (Å²) in [6.45, 7) is 6.92. The lowest BCUT2D eigenvalue weighted by Crippen LogP contribution is -2.65. The Labute approximate surface area is 141 Å². The molecule has 124 valence electrons. The molecule has 0 aromatic carbocycles. The van der Waals surface area contributed by atoms with Crippen LogP contribution >= 0.6 is 11.6 Å². The van der Waals surface area contributed by atoms with Gasteiger partial charge in [0.15, 0.2) is 5.78 Å². The van der Waals surface area contributed by atoms with E-state index in [-0.39, 0.29) is 23.2 Å². The molecular weight excluding hydrogens is 316 g/mol. The lowest BCUT2D eigenvalue weighted by Gasteiger charge is -2.58. The van der Waals surface area contributed by atoms with Gasteiger partial charge in [0.2, 0.25) is 0 Å². The standard InChI is InChI=1S/C17H21ClN2O3/c1-16(2,3)23-15(22)20-9-17(10-20)6-11(7-17)14(21)12-8-19-5-4-13(12)18/h4-5,8,11H,6-7,9-10H2,1-3H3. The molecule has 1 saturated carbocycles. The Morgan fingerprint density at radius 2 is 2.00 bits per heavy atom. The maximum absolute atomic E-state index is 12.4. The summed E-state index contributed by atoms with van der Waals surface area (Å²) in [5.74, 6) is 0.0435. The third-order valence-corrected chi connectivity index (χ3v) is 4.80. The number of amides is 1. The summed E-state index contributed by atoms with van der Waals surface area (Å²) >= 11 is 6.06. The molecule has 1 aromatic heterocycles. The smallest absolute Gasteiger partial charge is 0.410 e. The van der Waals surface area contributed by atoms with Crippen molar-refractivity contribution < 1.29 is 14.3 Å². The fourth-order valence-electron chi connectivity index (χ4n) is 3.43. The Morgan fingerprint density at radius 3 is 2.57 bits per heavy atom. The van der Waals surface area contributed by atoms with Crippen molar-refractivity contribution in [1.29, 1.82) is 0 Å². The first kappa shape index (κ1) is 16.2. The second-order valence-corrected chi connectivity index (χ2v) is 8.07. The SMILES string of the molecule is CC(C)(C)OC(=O)N1CC2(CC(C(=O)c3cnccc3Cl)C2)C1. The van der Waals surface area contributed by atoms with Crippen molar-refractivity contribution >= 4 is 23.5 Å². The van der Waals surface area contributed by atoms with Crippen LogP contribution in [0.15, 0.2) is 18.5 Å². The average molecular weight is 337 g/mol. The van der Waals surface area contributed by atoms with E-state index >= 15 is 0 Å². The van der Waals surface area contributed by atoms with Gasteiger partial charge in [0.05, 0.1) is 10.6 Å². The summed E-state index contributed by atoms with van der Waals surface area (Å²) < 4.78 is 5.36. The summed E-state index contributed by atoms with van der Waals surface area (Å²) in [7, 11) is 0. The number of carbonyl (C=O) groups is 2. The zero-order chi connectivity index (χ0) is 16.8. The number of halogens is 1. The highest BCUT2D eigenvalue weighted by atomic mass is 35.5. The molecule has 2 aliphatic rings. The molecule has 0 unspecified atom stereocenters. The molecule has 1 aliphatic heterocycles. The highest BCUT2D eigenvalue weighted by Gasteiger charge is 2.56. The van der Waals surface area contributed by atoms with E-state index in [9.17, 15) is 9.59 Å². The van der Waals surface area contributed by atoms with Crippen molar-refractivity contribution in [3.05, 3.63) is 29.0 Å². The quantitative estimate of drug-likeness (QED) is 0.775. The number of hydrogen-bond donors (Lipinski definition) is 0. The minimum Gasteiger partial charge on any atom is -0.444 e. The van der Waals surface area contributed by atoms with E-state index in [1.807, 2.05) is 20.8 Å². The number of carbonyl (C=O) groups excluding carboxylic acids is 2. The minimum atomic E-state index is -0.477. The number of ketones is 1. The van der Waals surface area contributed by atoms with E-state index in [2.05, 4.69) is 4.98 Å². The first-order valence-corrected chi connectivity index (χ1v) is 8.19. The molecule has 1 amide bonds. The normalized spacial score (nSPS) is 19.9. The number of nitrogens with zero attached hydrogens (tertiary/aromatic N) is 2. The largest absolute Gasteiger partial charge is 0.444 e. The van der Waals surface area contributed by atoms with Crippen molar-refractivity contribution in [2.75, 3.05) is 13.1 Å². The van der Waals surface area contributed by atoms with E-state index in [0.717, 1.165) is 12.8 Å². The molecule has 0 radical (unpaired) electrons. The van der Waals surface area contributed by atoms with Crippen molar-refractivity contribution in [2.45, 2.75) is 39.2 Å². The van der Waals surface area contributed by atoms with Crippen molar-refractivity contribution in [1.82, 2.24) is 9.88 Å². The number of ether oxygens (including phenoxy) is 1. The van der Waals surface area contributed by atoms with Crippen LogP contribution in [0.1, 0.15) is 44.0 Å². The van der Waals surface area contributed by atoms with Gasteiger partial charge in [-0.25, -0.2) is 4.79 Å². The Morgan fingerprint density at radius 1 is 1.35 bits per heavy atom. The van der Waals surface area contributed by atoms with Crippen molar-refractivity contribution in [2.24, 2.45) is 11.3 Å². The second kappa shape index (κ2) is 5.48. The Kier molecular flexibility index (Phi) is 3.87. The van der Waals surface area contributed by atoms with E-state index in [0.29, 0.717) is 23.7 Å². The molecular formula is C17H21ClN2O3. The summed E-state index contributed by atoms with van der Waals surface area (Å²) in [6.07, 6.45) is 4.44. The van der Waals surface area contributed by atoms with Crippen molar-refractivity contribution in [3.63, 3.8) is 0 Å². The van der Waals surface area contributed by atoms with Crippen LogP contribution in [0.3, 0.4) is 0 Å². The predicted molar refractivity (Wildman–Crippen MR) is 86.5 cm³/mol. The number of likely N-dealkylation sites (tertiary alicyclic amines) is 1. The molecule has 1 aliphatic carbocycles. The molecule has 0 atom stereocenters. The van der Waals surface area contributed by atoms with Gasteiger partial charge in [-0.15, -0.1) is 0 Å². The van der Waals surface area contributed by atoms with Gasteiger partial charge < -0.3 is 9.64 Å². The maximum atomic E-state index is 12.4. The fourth-order valence-corrected chi connectivity index (χ4v) is 3.63. The Hall–Kier alpha value is -1.62. The van der Waals surface area contributed by atoms with Crippen LogP contribution in [0, 0.1) is 11.3 Å². The summed E-state index contributed by atoms with van der Waals surface area (Å²) in [5, 5.41) is 0.454. The van der Waals surface area contributed by atoms with Crippen LogP contribution in [0.5, 0.6) is 0 Å². The van der Waals surface area contributed by atoms with Crippen LogP contribution in [0.2, 0.25) is 5.02 Å². The van der Waals surface area contributed by atoms with Crippen molar-refractivity contribution in [3.8, 4) is 0 Å². The molecule has 2 heterocycles. The fraction of sp³-hybridized carbons (Fsp3) is 0.588. The van der Waals surface area contributed by atoms with Gasteiger partial charge in [0.1, 0.15) is 5.60 Å². The third-order valence-electron chi connectivity index (χ3n) is 4.47. The Bertz CT molecular complexity index is 639. The molecule has 0 N–H and O–H groups in total. The van der Waals surface area contributed by atoms with Crippen LogP contribution in [-0.2, 0) is 4.74 Å². The monoisotopic (exact) mass is 336 g/mol. The van der Waals surface area contributed by atoms with E-state index in [4.69, 9.17) is 16.3 Å². The van der Waals surface area contributed by atoms with Gasteiger partial charge in [-0.2, -0.15) is 0 Å². The number of hydrogen-bond acceptors (Lipinski definition) is 4. The molecule has 1 spiro atoms. The van der Waals surface area contributed by atoms with Gasteiger partial charge in [-0.1, -0.05) is 11.6 Å². The highest BCUT2D eigenvalue weighted by Crippen LogP contribution is 2.53. The molecule has 1 aromatic rings. The first-order valence-electron chi connectivity index (χ1n) is 7.81. The topological polar surface area (TPSA) is 59.5 Å². The van der Waals surface area contributed by atoms with Crippen LogP contribution in [-0.4, -0.2) is 40.5 Å². The van der Waals surface area contributed by atoms with Crippen LogP contribution in [0.25, 0.3) is 0 Å². The summed E-state index contributed by atoms with van der Waals surface area (Å²) in [5.41, 5.74) is 0.110. The molecule has 2 fully saturated rings. The van der Waals surface area contributed by atoms with Gasteiger partial charge >= 0.3 is 6.09 Å². The Balaban J connectivity index is 1.52. The van der Waals surface area contributed by atoms with Crippen LogP contribution in [0.4, 0.5) is 4.79 Å². The average Bonchev–Trinajstić information content (AvgIpc) is 2.33. The lowest BCUT2D eigenvalue weighted by molar-refractivity contribution is -0.0865. The molecule has 5 nitrogen and oxygen atoms in total. The van der Waals surface area contributed by atoms with E-state index < -0.39 is 5.60 Å². The zero-order valence-corrected chi connectivity index (χ0v) is 14.4. The molecule has 6 heteroatoms. The molecule has 1 saturated heterocycles. The maximum Gasteiger partial charge on any atom is 0.410 e. The van der Waals surface area contributed by atoms with Gasteiger partial charge in [0, 0.05) is 36.8 Å². The molecule has 23 heavy (non-hydrogen) atoms. The number of rotatable bonds is 2. The zero-order valence-electron chi connectivity index (χ0n) is 13.6. The second-order valence-electron chi connectivity index (χ2n) is 7.66. The molecule has 3 rings (SSSR count). The van der Waals surface area contributed by atoms with E-state index in [1.54, 1.807) is 17.2 Å². The number of pyridine rings is 1. The first-order chi connectivity index (χ1) is 10.7. The van der Waals surface area contributed by atoms with Gasteiger partial charge in [-0.3, -0.25) is 9.78 Å².